The summed E-state index contributed by atoms with van der Waals surface area (Å²) in [7, 11) is 0. The molecule has 1 amide bonds. The fourth-order valence-electron chi connectivity index (χ4n) is 5.40. The minimum absolute atomic E-state index is 0.141. The molecule has 12 heteroatoms. The van der Waals surface area contributed by atoms with Crippen LogP contribution >= 0.6 is 23.4 Å². The molecule has 0 unspecified atom stereocenters. The first-order valence-corrected chi connectivity index (χ1v) is 15.0. The van der Waals surface area contributed by atoms with E-state index in [1.54, 1.807) is 9.58 Å². The molecule has 10 nitrogen and oxygen atoms in total. The topological polar surface area (TPSA) is 104 Å². The number of halogens is 1. The molecule has 4 aromatic rings. The van der Waals surface area contributed by atoms with Crippen LogP contribution in [0.25, 0.3) is 11.2 Å². The van der Waals surface area contributed by atoms with Crippen molar-refractivity contribution < 1.29 is 19.0 Å². The number of aromatic nitrogens is 5. The molecule has 1 saturated heterocycles. The molecule has 2 aliphatic rings. The molecule has 41 heavy (non-hydrogen) atoms. The summed E-state index contributed by atoms with van der Waals surface area (Å²) in [6.07, 6.45) is 0.268. The van der Waals surface area contributed by atoms with Gasteiger partial charge in [-0.05, 0) is 44.5 Å². The van der Waals surface area contributed by atoms with Gasteiger partial charge in [0.05, 0.1) is 12.1 Å². The number of carbonyl (C=O) groups is 1. The van der Waals surface area contributed by atoms with E-state index < -0.39 is 18.0 Å². The maximum atomic E-state index is 13.6. The highest BCUT2D eigenvalue weighted by Gasteiger charge is 2.56. The van der Waals surface area contributed by atoms with E-state index in [4.69, 9.17) is 30.8 Å². The van der Waals surface area contributed by atoms with Crippen molar-refractivity contribution in [3.63, 3.8) is 0 Å². The summed E-state index contributed by atoms with van der Waals surface area (Å²) in [6.45, 7) is 5.70. The Morgan fingerprint density at radius 1 is 1.07 bits per heavy atom. The van der Waals surface area contributed by atoms with Crippen LogP contribution < -0.4 is 4.90 Å². The Balaban J connectivity index is 1.26. The molecule has 0 bridgehead atoms. The molecule has 1 aliphatic carbocycles. The van der Waals surface area contributed by atoms with Gasteiger partial charge in [0.2, 0.25) is 0 Å². The number of ether oxygens (including phenoxy) is 3. The van der Waals surface area contributed by atoms with Crippen molar-refractivity contribution in [2.45, 2.75) is 68.9 Å². The van der Waals surface area contributed by atoms with Gasteiger partial charge in [0.15, 0.2) is 27.3 Å². The zero-order valence-corrected chi connectivity index (χ0v) is 24.6. The molecule has 6 rings (SSSR count). The number of para-hydroxylation sites is 2. The molecule has 4 atom stereocenters. The van der Waals surface area contributed by atoms with E-state index in [1.165, 1.54) is 11.8 Å². The number of benzene rings is 2. The van der Waals surface area contributed by atoms with Gasteiger partial charge in [0.1, 0.15) is 18.8 Å². The molecule has 214 valence electrons. The van der Waals surface area contributed by atoms with Crippen LogP contribution in [0.5, 0.6) is 0 Å². The lowest BCUT2D eigenvalue weighted by molar-refractivity contribution is -0.171. The second-order valence-corrected chi connectivity index (χ2v) is 11.9. The molecule has 2 aromatic carbocycles. The number of anilines is 2. The summed E-state index contributed by atoms with van der Waals surface area (Å²) >= 11 is 7.99. The maximum absolute atomic E-state index is 13.6. The van der Waals surface area contributed by atoms with Gasteiger partial charge in [-0.3, -0.25) is 9.69 Å². The zero-order chi connectivity index (χ0) is 28.6. The normalized spacial score (nSPS) is 23.1. The zero-order valence-electron chi connectivity index (χ0n) is 23.0. The molecule has 1 aliphatic heterocycles. The number of hydrogen-bond donors (Lipinski definition) is 0. The lowest BCUT2D eigenvalue weighted by atomic mass is 10.2. The van der Waals surface area contributed by atoms with Crippen molar-refractivity contribution in [2.75, 3.05) is 17.3 Å². The van der Waals surface area contributed by atoms with Gasteiger partial charge in [0.25, 0.3) is 5.91 Å². The molecule has 2 aromatic heterocycles. The van der Waals surface area contributed by atoms with E-state index in [2.05, 4.69) is 22.2 Å². The SMILES string of the molecule is CCCSc1nc(Cl)c2nnn([C@@H]3C[C@H](OCC(=O)N(c4ccccc4)c4ccccc4)[C@H]4OC(C)(C)O[C@H]43)c2n1. The highest BCUT2D eigenvalue weighted by molar-refractivity contribution is 7.99. The summed E-state index contributed by atoms with van der Waals surface area (Å²) in [4.78, 5) is 24.4. The van der Waals surface area contributed by atoms with Gasteiger partial charge in [-0.1, -0.05) is 71.9 Å². The highest BCUT2D eigenvalue weighted by atomic mass is 35.5. The van der Waals surface area contributed by atoms with Gasteiger partial charge in [-0.25, -0.2) is 14.6 Å². The van der Waals surface area contributed by atoms with Crippen molar-refractivity contribution >= 4 is 51.8 Å². The van der Waals surface area contributed by atoms with Crippen LogP contribution in [0.2, 0.25) is 5.15 Å². The molecule has 1 saturated carbocycles. The molecule has 2 fully saturated rings. The first-order chi connectivity index (χ1) is 19.8. The fraction of sp³-hybridized carbons (Fsp3) is 0.414. The van der Waals surface area contributed by atoms with Gasteiger partial charge in [0, 0.05) is 23.5 Å². The number of thioether (sulfide) groups is 1. The summed E-state index contributed by atoms with van der Waals surface area (Å²) in [5, 5.41) is 9.52. The molecule has 0 N–H and O–H groups in total. The molecule has 3 heterocycles. The van der Waals surface area contributed by atoms with Gasteiger partial charge in [-0.2, -0.15) is 0 Å². The Morgan fingerprint density at radius 3 is 2.39 bits per heavy atom. The van der Waals surface area contributed by atoms with Crippen molar-refractivity contribution in [1.82, 2.24) is 25.0 Å². The third-order valence-corrected chi connectivity index (χ3v) is 8.41. The van der Waals surface area contributed by atoms with Gasteiger partial charge in [-0.15, -0.1) is 5.10 Å². The predicted molar refractivity (Wildman–Crippen MR) is 156 cm³/mol. The Morgan fingerprint density at radius 2 is 1.73 bits per heavy atom. The number of fused-ring (bicyclic) bond motifs is 2. The van der Waals surface area contributed by atoms with Crippen LogP contribution in [-0.4, -0.2) is 67.3 Å². The second-order valence-electron chi connectivity index (χ2n) is 10.5. The smallest absolute Gasteiger partial charge is 0.257 e. The van der Waals surface area contributed by atoms with E-state index in [0.29, 0.717) is 22.7 Å². The third kappa shape index (κ3) is 5.69. The van der Waals surface area contributed by atoms with Crippen molar-refractivity contribution in [3.8, 4) is 0 Å². The Hall–Kier alpha value is -3.09. The maximum Gasteiger partial charge on any atom is 0.257 e. The van der Waals surface area contributed by atoms with Crippen LogP contribution in [0.3, 0.4) is 0 Å². The van der Waals surface area contributed by atoms with Crippen LogP contribution in [0.1, 0.15) is 39.7 Å². The lowest BCUT2D eigenvalue weighted by Gasteiger charge is -2.26. The first kappa shape index (κ1) is 28.0. The fourth-order valence-corrected chi connectivity index (χ4v) is 6.35. The minimum Gasteiger partial charge on any atom is -0.365 e. The number of hydrogen-bond acceptors (Lipinski definition) is 9. The van der Waals surface area contributed by atoms with Crippen LogP contribution in [0.15, 0.2) is 65.8 Å². The van der Waals surface area contributed by atoms with Gasteiger partial charge >= 0.3 is 0 Å². The van der Waals surface area contributed by atoms with Gasteiger partial charge < -0.3 is 14.2 Å². The van der Waals surface area contributed by atoms with E-state index in [1.807, 2.05) is 74.5 Å². The minimum atomic E-state index is -0.828. The van der Waals surface area contributed by atoms with E-state index in [9.17, 15) is 4.79 Å². The number of carbonyl (C=O) groups excluding carboxylic acids is 1. The van der Waals surface area contributed by atoms with E-state index in [-0.39, 0.29) is 29.8 Å². The molecular weight excluding hydrogens is 564 g/mol. The van der Waals surface area contributed by atoms with Crippen molar-refractivity contribution in [1.29, 1.82) is 0 Å². The van der Waals surface area contributed by atoms with Crippen molar-refractivity contribution in [2.24, 2.45) is 0 Å². The molecule has 0 radical (unpaired) electrons. The molecular formula is C29H31ClN6O4S. The highest BCUT2D eigenvalue weighted by Crippen LogP contribution is 2.45. The van der Waals surface area contributed by atoms with Crippen molar-refractivity contribution in [3.05, 3.63) is 65.8 Å². The second kappa shape index (κ2) is 11.7. The van der Waals surface area contributed by atoms with E-state index >= 15 is 0 Å². The predicted octanol–water partition coefficient (Wildman–Crippen LogP) is 5.59. The monoisotopic (exact) mass is 594 g/mol. The quantitative estimate of drug-likeness (QED) is 0.139. The summed E-state index contributed by atoms with van der Waals surface area (Å²) < 4.78 is 20.7. The Kier molecular flexibility index (Phi) is 7.97. The van der Waals surface area contributed by atoms with Crippen LogP contribution in [0.4, 0.5) is 11.4 Å². The first-order valence-electron chi connectivity index (χ1n) is 13.7. The summed E-state index contributed by atoms with van der Waals surface area (Å²) in [6, 6.07) is 18.8. The van der Waals surface area contributed by atoms with Crippen LogP contribution in [0, 0.1) is 0 Å². The number of nitrogens with zero attached hydrogens (tertiary/aromatic N) is 6. The van der Waals surface area contributed by atoms with E-state index in [0.717, 1.165) is 23.5 Å². The Bertz CT molecular complexity index is 1480. The number of rotatable bonds is 9. The lowest BCUT2D eigenvalue weighted by Crippen LogP contribution is -2.36. The van der Waals surface area contributed by atoms with Crippen LogP contribution in [-0.2, 0) is 19.0 Å². The average Bonchev–Trinajstić information content (AvgIpc) is 3.63. The summed E-state index contributed by atoms with van der Waals surface area (Å²) in [5.41, 5.74) is 2.50. The third-order valence-electron chi connectivity index (χ3n) is 7.09. The summed E-state index contributed by atoms with van der Waals surface area (Å²) in [5.74, 6) is -0.149. The largest absolute Gasteiger partial charge is 0.365 e. The Labute approximate surface area is 247 Å². The number of amides is 1. The standard InChI is InChI=1S/C29H31ClN6O4S/c1-4-15-41-28-31-26(30)23-27(32-28)36(34-33-23)20-16-21(25-24(20)39-29(2,3)40-25)38-17-22(37)35(18-11-7-5-8-12-18)19-13-9-6-10-14-19/h5-14,20-21,24-25H,4,15-17H2,1-3H3/t20-,21+,24+,25-/m1/s1. The molecule has 0 spiro atoms. The average molecular weight is 595 g/mol.